The number of aromatic nitrogens is 1. The second-order valence-corrected chi connectivity index (χ2v) is 7.16. The van der Waals surface area contributed by atoms with Crippen LogP contribution >= 0.6 is 23.2 Å². The van der Waals surface area contributed by atoms with E-state index in [1.165, 1.54) is 7.11 Å². The van der Waals surface area contributed by atoms with Crippen LogP contribution in [0.1, 0.15) is 28.2 Å². The van der Waals surface area contributed by atoms with Gasteiger partial charge < -0.3 is 14.5 Å². The van der Waals surface area contributed by atoms with Crippen LogP contribution < -0.4 is 5.32 Å². The summed E-state index contributed by atoms with van der Waals surface area (Å²) in [6.45, 7) is 1.80. The van der Waals surface area contributed by atoms with Crippen LogP contribution in [-0.2, 0) is 16.0 Å². The number of ether oxygens (including phenoxy) is 1. The van der Waals surface area contributed by atoms with Gasteiger partial charge in [-0.1, -0.05) is 23.2 Å². The zero-order valence-electron chi connectivity index (χ0n) is 15.8. The number of methoxy groups -OCH3 is 1. The van der Waals surface area contributed by atoms with Gasteiger partial charge in [0.25, 0.3) is 0 Å². The molecule has 2 aromatic carbocycles. The number of carbonyl (C=O) groups excluding carboxylic acids is 2. The van der Waals surface area contributed by atoms with E-state index in [1.807, 2.05) is 0 Å². The molecule has 1 aromatic heterocycles. The third-order valence-electron chi connectivity index (χ3n) is 4.24. The van der Waals surface area contributed by atoms with E-state index in [2.05, 4.69) is 15.0 Å². The zero-order valence-corrected chi connectivity index (χ0v) is 17.3. The molecular formula is C21H18Cl2N2O4. The fraction of sp³-hybridized carbons (Fsp3) is 0.190. The number of nitrogens with one attached hydrogen (secondary N) is 1. The molecule has 1 heterocycles. The van der Waals surface area contributed by atoms with Crippen LogP contribution in [-0.4, -0.2) is 24.0 Å². The Morgan fingerprint density at radius 3 is 2.66 bits per heavy atom. The first-order valence-electron chi connectivity index (χ1n) is 8.76. The number of anilines is 1. The van der Waals surface area contributed by atoms with Crippen molar-refractivity contribution in [3.63, 3.8) is 0 Å². The Labute approximate surface area is 177 Å². The van der Waals surface area contributed by atoms with Gasteiger partial charge in [-0.05, 0) is 48.9 Å². The zero-order chi connectivity index (χ0) is 21.0. The number of hydrogen-bond acceptors (Lipinski definition) is 5. The fourth-order valence-electron chi connectivity index (χ4n) is 2.72. The third kappa shape index (κ3) is 5.16. The lowest BCUT2D eigenvalue weighted by molar-refractivity contribution is -0.116. The molecule has 0 aliphatic heterocycles. The quantitative estimate of drug-likeness (QED) is 0.533. The van der Waals surface area contributed by atoms with Gasteiger partial charge in [-0.3, -0.25) is 4.79 Å². The predicted molar refractivity (Wildman–Crippen MR) is 111 cm³/mol. The minimum absolute atomic E-state index is 0.187. The number of esters is 1. The van der Waals surface area contributed by atoms with Gasteiger partial charge >= 0.3 is 5.97 Å². The fourth-order valence-corrected chi connectivity index (χ4v) is 3.22. The van der Waals surface area contributed by atoms with Crippen molar-refractivity contribution >= 4 is 40.8 Å². The molecule has 150 valence electrons. The number of rotatable bonds is 6. The summed E-state index contributed by atoms with van der Waals surface area (Å²) in [4.78, 5) is 28.0. The Bertz CT molecular complexity index is 1060. The molecule has 6 nitrogen and oxygen atoms in total. The van der Waals surface area contributed by atoms with Crippen LogP contribution in [0.25, 0.3) is 11.3 Å². The second-order valence-electron chi connectivity index (χ2n) is 6.31. The molecule has 0 aliphatic rings. The number of nitrogens with zero attached hydrogens (tertiary/aromatic N) is 1. The van der Waals surface area contributed by atoms with Crippen LogP contribution in [0.5, 0.6) is 0 Å². The molecule has 8 heteroatoms. The monoisotopic (exact) mass is 432 g/mol. The highest BCUT2D eigenvalue weighted by molar-refractivity contribution is 6.36. The van der Waals surface area contributed by atoms with Crippen LogP contribution in [0.3, 0.4) is 0 Å². The van der Waals surface area contributed by atoms with E-state index in [4.69, 9.17) is 27.6 Å². The maximum Gasteiger partial charge on any atom is 0.337 e. The van der Waals surface area contributed by atoms with Crippen LogP contribution in [0.15, 0.2) is 47.0 Å². The highest BCUT2D eigenvalue weighted by Crippen LogP contribution is 2.30. The highest BCUT2D eigenvalue weighted by Gasteiger charge is 2.13. The molecule has 0 radical (unpaired) electrons. The van der Waals surface area contributed by atoms with Gasteiger partial charge in [0.05, 0.1) is 23.9 Å². The van der Waals surface area contributed by atoms with Crippen molar-refractivity contribution in [1.82, 2.24) is 4.98 Å². The maximum absolute atomic E-state index is 12.3. The molecule has 1 amide bonds. The first-order valence-corrected chi connectivity index (χ1v) is 9.52. The van der Waals surface area contributed by atoms with E-state index in [0.29, 0.717) is 44.9 Å². The average Bonchev–Trinajstić information content (AvgIpc) is 3.16. The molecule has 0 atom stereocenters. The SMILES string of the molecule is COC(=O)c1ccc(NC(=O)CCc2ncc(-c3ccc(Cl)cc3Cl)o2)c(C)c1. The van der Waals surface area contributed by atoms with Crippen molar-refractivity contribution in [3.05, 3.63) is 69.7 Å². The van der Waals surface area contributed by atoms with Crippen molar-refractivity contribution < 1.29 is 18.7 Å². The van der Waals surface area contributed by atoms with Crippen molar-refractivity contribution in [2.75, 3.05) is 12.4 Å². The van der Waals surface area contributed by atoms with Crippen molar-refractivity contribution in [2.45, 2.75) is 19.8 Å². The number of aryl methyl sites for hydroxylation is 2. The Hall–Kier alpha value is -2.83. The standard InChI is InChI=1S/C21H18Cl2N2O4/c1-12-9-13(21(27)28-2)3-6-17(12)25-19(26)7-8-20-24-11-18(29-20)15-5-4-14(22)10-16(15)23/h3-6,9-11H,7-8H2,1-2H3,(H,25,26). The van der Waals surface area contributed by atoms with Crippen molar-refractivity contribution in [1.29, 1.82) is 0 Å². The number of oxazole rings is 1. The van der Waals surface area contributed by atoms with Gasteiger partial charge in [0, 0.05) is 29.1 Å². The van der Waals surface area contributed by atoms with Gasteiger partial charge in [-0.2, -0.15) is 0 Å². The summed E-state index contributed by atoms with van der Waals surface area (Å²) in [7, 11) is 1.32. The lowest BCUT2D eigenvalue weighted by atomic mass is 10.1. The van der Waals surface area contributed by atoms with E-state index in [9.17, 15) is 9.59 Å². The van der Waals surface area contributed by atoms with Crippen LogP contribution in [0.4, 0.5) is 5.69 Å². The first-order chi connectivity index (χ1) is 13.9. The summed E-state index contributed by atoms with van der Waals surface area (Å²) in [5.41, 5.74) is 2.50. The Balaban J connectivity index is 1.60. The Morgan fingerprint density at radius 1 is 1.17 bits per heavy atom. The molecule has 0 saturated carbocycles. The Morgan fingerprint density at radius 2 is 1.97 bits per heavy atom. The summed E-state index contributed by atoms with van der Waals surface area (Å²) in [6.07, 6.45) is 2.08. The van der Waals surface area contributed by atoms with Crippen molar-refractivity contribution in [2.24, 2.45) is 0 Å². The molecular weight excluding hydrogens is 415 g/mol. The minimum atomic E-state index is -0.425. The molecule has 0 unspecified atom stereocenters. The lowest BCUT2D eigenvalue weighted by Gasteiger charge is -2.09. The molecule has 0 bridgehead atoms. The topological polar surface area (TPSA) is 81.4 Å². The predicted octanol–water partition coefficient (Wildman–Crippen LogP) is 5.31. The van der Waals surface area contributed by atoms with Crippen LogP contribution in [0.2, 0.25) is 10.0 Å². The van der Waals surface area contributed by atoms with Crippen molar-refractivity contribution in [3.8, 4) is 11.3 Å². The molecule has 0 aliphatic carbocycles. The van der Waals surface area contributed by atoms with Gasteiger partial charge in [0.2, 0.25) is 5.91 Å². The van der Waals surface area contributed by atoms with Gasteiger partial charge in [-0.25, -0.2) is 9.78 Å². The molecule has 29 heavy (non-hydrogen) atoms. The summed E-state index contributed by atoms with van der Waals surface area (Å²) in [5, 5.41) is 3.82. The maximum atomic E-state index is 12.3. The number of hydrogen-bond donors (Lipinski definition) is 1. The number of halogens is 2. The number of carbonyl (C=O) groups is 2. The largest absolute Gasteiger partial charge is 0.465 e. The van der Waals surface area contributed by atoms with E-state index in [1.54, 1.807) is 49.5 Å². The average molecular weight is 433 g/mol. The van der Waals surface area contributed by atoms with E-state index >= 15 is 0 Å². The second kappa shape index (κ2) is 9.11. The third-order valence-corrected chi connectivity index (χ3v) is 4.79. The van der Waals surface area contributed by atoms with E-state index in [0.717, 1.165) is 5.56 Å². The number of amides is 1. The summed E-state index contributed by atoms with van der Waals surface area (Å²) < 4.78 is 10.4. The molecule has 0 saturated heterocycles. The first kappa shape index (κ1) is 20.9. The molecule has 0 fully saturated rings. The smallest absolute Gasteiger partial charge is 0.337 e. The summed E-state index contributed by atoms with van der Waals surface area (Å²) in [5.74, 6) is 0.324. The van der Waals surface area contributed by atoms with E-state index < -0.39 is 5.97 Å². The lowest BCUT2D eigenvalue weighted by Crippen LogP contribution is -2.13. The van der Waals surface area contributed by atoms with Gasteiger partial charge in [0.1, 0.15) is 0 Å². The summed E-state index contributed by atoms with van der Waals surface area (Å²) >= 11 is 12.1. The highest BCUT2D eigenvalue weighted by atomic mass is 35.5. The normalized spacial score (nSPS) is 10.6. The molecule has 3 rings (SSSR count). The number of benzene rings is 2. The van der Waals surface area contributed by atoms with Gasteiger partial charge in [0.15, 0.2) is 11.7 Å². The molecule has 1 N–H and O–H groups in total. The van der Waals surface area contributed by atoms with Gasteiger partial charge in [-0.15, -0.1) is 0 Å². The van der Waals surface area contributed by atoms with Crippen LogP contribution in [0, 0.1) is 6.92 Å². The molecule has 0 spiro atoms. The Kier molecular flexibility index (Phi) is 6.56. The minimum Gasteiger partial charge on any atom is -0.465 e. The van der Waals surface area contributed by atoms with E-state index in [-0.39, 0.29) is 12.3 Å². The summed E-state index contributed by atoms with van der Waals surface area (Å²) in [6, 6.07) is 10.0. The molecule has 3 aromatic rings.